The highest BCUT2D eigenvalue weighted by Gasteiger charge is 2.62. The summed E-state index contributed by atoms with van der Waals surface area (Å²) in [6.45, 7) is 8.44. The monoisotopic (exact) mass is 231 g/mol. The van der Waals surface area contributed by atoms with Gasteiger partial charge in [-0.05, 0) is 37.8 Å². The summed E-state index contributed by atoms with van der Waals surface area (Å²) in [4.78, 5) is 4.76. The van der Waals surface area contributed by atoms with E-state index in [0.717, 1.165) is 30.7 Å². The first kappa shape index (κ1) is 11.2. The molecular weight excluding hydrogens is 210 g/mol. The smallest absolute Gasteiger partial charge is 0.110 e. The van der Waals surface area contributed by atoms with Gasteiger partial charge in [0.15, 0.2) is 0 Å². The Balaban J connectivity index is 2.12. The fraction of sp³-hybridized carbons (Fsp3) is 0.667. The SMILES string of the molecule is CC(C)(C)c1ccc2c(n1)[C@@](C)(O)C1(CC1)C2. The van der Waals surface area contributed by atoms with Crippen molar-refractivity contribution < 1.29 is 5.11 Å². The molecule has 0 aromatic carbocycles. The van der Waals surface area contributed by atoms with Crippen molar-refractivity contribution in [3.8, 4) is 0 Å². The van der Waals surface area contributed by atoms with E-state index >= 15 is 0 Å². The van der Waals surface area contributed by atoms with Crippen LogP contribution in [-0.2, 0) is 17.4 Å². The molecule has 0 amide bonds. The van der Waals surface area contributed by atoms with E-state index in [-0.39, 0.29) is 10.8 Å². The molecule has 1 spiro atoms. The maximum Gasteiger partial charge on any atom is 0.110 e. The molecule has 2 nitrogen and oxygen atoms in total. The molecule has 2 aliphatic rings. The highest BCUT2D eigenvalue weighted by Crippen LogP contribution is 2.64. The molecule has 0 bridgehead atoms. The molecule has 1 atom stereocenters. The van der Waals surface area contributed by atoms with Crippen LogP contribution >= 0.6 is 0 Å². The van der Waals surface area contributed by atoms with Crippen molar-refractivity contribution in [1.82, 2.24) is 4.98 Å². The fourth-order valence-electron chi connectivity index (χ4n) is 3.07. The molecule has 0 radical (unpaired) electrons. The van der Waals surface area contributed by atoms with Crippen molar-refractivity contribution >= 4 is 0 Å². The standard InChI is InChI=1S/C15H21NO/c1-13(2,3)11-6-5-10-9-15(7-8-15)14(4,17)12(10)16-11/h5-6,17H,7-9H2,1-4H3/t14-/m1/s1. The fourth-order valence-corrected chi connectivity index (χ4v) is 3.07. The van der Waals surface area contributed by atoms with E-state index < -0.39 is 5.60 Å². The lowest BCUT2D eigenvalue weighted by Crippen LogP contribution is -2.30. The third-order valence-electron chi connectivity index (χ3n) is 4.62. The first-order chi connectivity index (χ1) is 7.76. The summed E-state index contributed by atoms with van der Waals surface area (Å²) in [5, 5.41) is 10.8. The van der Waals surface area contributed by atoms with Gasteiger partial charge in [0, 0.05) is 16.5 Å². The van der Waals surface area contributed by atoms with Gasteiger partial charge in [0.05, 0.1) is 5.69 Å². The molecule has 92 valence electrons. The second-order valence-electron chi connectivity index (χ2n) is 6.98. The van der Waals surface area contributed by atoms with Gasteiger partial charge in [-0.2, -0.15) is 0 Å². The minimum atomic E-state index is -0.719. The van der Waals surface area contributed by atoms with Crippen molar-refractivity contribution in [3.05, 3.63) is 29.1 Å². The first-order valence-electron chi connectivity index (χ1n) is 6.50. The summed E-state index contributed by atoms with van der Waals surface area (Å²) in [6.07, 6.45) is 3.29. The van der Waals surface area contributed by atoms with E-state index in [9.17, 15) is 5.11 Å². The van der Waals surface area contributed by atoms with Crippen LogP contribution in [0, 0.1) is 5.41 Å². The molecule has 2 aliphatic carbocycles. The van der Waals surface area contributed by atoms with Crippen molar-refractivity contribution in [1.29, 1.82) is 0 Å². The predicted molar refractivity (Wildman–Crippen MR) is 67.9 cm³/mol. The van der Waals surface area contributed by atoms with E-state index in [0.29, 0.717) is 0 Å². The van der Waals surface area contributed by atoms with Crippen LogP contribution in [0.2, 0.25) is 0 Å². The lowest BCUT2D eigenvalue weighted by atomic mass is 9.88. The second-order valence-corrected chi connectivity index (χ2v) is 6.98. The molecule has 2 heteroatoms. The molecule has 1 aromatic heterocycles. The maximum absolute atomic E-state index is 10.8. The largest absolute Gasteiger partial charge is 0.383 e. The quantitative estimate of drug-likeness (QED) is 0.744. The second kappa shape index (κ2) is 2.92. The molecular formula is C15H21NO. The summed E-state index contributed by atoms with van der Waals surface area (Å²) in [5.74, 6) is 0. The van der Waals surface area contributed by atoms with Crippen LogP contribution < -0.4 is 0 Å². The van der Waals surface area contributed by atoms with Gasteiger partial charge >= 0.3 is 0 Å². The molecule has 0 aliphatic heterocycles. The van der Waals surface area contributed by atoms with E-state index in [1.807, 2.05) is 6.92 Å². The average molecular weight is 231 g/mol. The summed E-state index contributed by atoms with van der Waals surface area (Å²) >= 11 is 0. The Morgan fingerprint density at radius 2 is 1.88 bits per heavy atom. The Kier molecular flexibility index (Phi) is 1.92. The molecule has 0 saturated heterocycles. The van der Waals surface area contributed by atoms with Crippen LogP contribution in [-0.4, -0.2) is 10.1 Å². The lowest BCUT2D eigenvalue weighted by molar-refractivity contribution is -0.0104. The van der Waals surface area contributed by atoms with Crippen molar-refractivity contribution in [2.75, 3.05) is 0 Å². The lowest BCUT2D eigenvalue weighted by Gasteiger charge is -2.27. The number of nitrogens with zero attached hydrogens (tertiary/aromatic N) is 1. The summed E-state index contributed by atoms with van der Waals surface area (Å²) in [6, 6.07) is 4.29. The van der Waals surface area contributed by atoms with Gasteiger partial charge in [0.25, 0.3) is 0 Å². The van der Waals surface area contributed by atoms with Gasteiger partial charge in [-0.15, -0.1) is 0 Å². The van der Waals surface area contributed by atoms with E-state index in [1.54, 1.807) is 0 Å². The van der Waals surface area contributed by atoms with E-state index in [1.165, 1.54) is 5.56 Å². The minimum absolute atomic E-state index is 0.0460. The van der Waals surface area contributed by atoms with Crippen LogP contribution in [0.15, 0.2) is 12.1 Å². The topological polar surface area (TPSA) is 33.1 Å². The number of hydrogen-bond acceptors (Lipinski definition) is 2. The number of fused-ring (bicyclic) bond motifs is 1. The van der Waals surface area contributed by atoms with Crippen molar-refractivity contribution in [2.24, 2.45) is 5.41 Å². The number of rotatable bonds is 0. The van der Waals surface area contributed by atoms with Crippen LogP contribution in [0.4, 0.5) is 0 Å². The molecule has 1 fully saturated rings. The van der Waals surface area contributed by atoms with E-state index in [2.05, 4.69) is 32.9 Å². The van der Waals surface area contributed by atoms with Gasteiger partial charge in [0.2, 0.25) is 0 Å². The molecule has 3 rings (SSSR count). The van der Waals surface area contributed by atoms with Crippen molar-refractivity contribution in [3.63, 3.8) is 0 Å². The molecule has 1 saturated carbocycles. The zero-order chi connectivity index (χ0) is 12.5. The van der Waals surface area contributed by atoms with Crippen molar-refractivity contribution in [2.45, 2.75) is 58.0 Å². The number of aromatic nitrogens is 1. The summed E-state index contributed by atoms with van der Waals surface area (Å²) in [7, 11) is 0. The van der Waals surface area contributed by atoms with Gasteiger partial charge in [-0.1, -0.05) is 26.8 Å². The summed E-state index contributed by atoms with van der Waals surface area (Å²) < 4.78 is 0. The highest BCUT2D eigenvalue weighted by atomic mass is 16.3. The number of aliphatic hydroxyl groups is 1. The maximum atomic E-state index is 10.8. The zero-order valence-corrected chi connectivity index (χ0v) is 11.2. The van der Waals surface area contributed by atoms with Gasteiger partial charge in [-0.3, -0.25) is 4.98 Å². The van der Waals surface area contributed by atoms with Crippen LogP contribution in [0.3, 0.4) is 0 Å². The van der Waals surface area contributed by atoms with E-state index in [4.69, 9.17) is 4.98 Å². The normalized spacial score (nSPS) is 29.5. The Morgan fingerprint density at radius 3 is 2.41 bits per heavy atom. The van der Waals surface area contributed by atoms with Gasteiger partial charge < -0.3 is 5.11 Å². The van der Waals surface area contributed by atoms with Crippen LogP contribution in [0.5, 0.6) is 0 Å². The molecule has 1 aromatic rings. The molecule has 0 unspecified atom stereocenters. The zero-order valence-electron chi connectivity index (χ0n) is 11.2. The van der Waals surface area contributed by atoms with Gasteiger partial charge in [0.1, 0.15) is 5.60 Å². The molecule has 17 heavy (non-hydrogen) atoms. The first-order valence-corrected chi connectivity index (χ1v) is 6.50. The predicted octanol–water partition coefficient (Wildman–Crippen LogP) is 2.92. The highest BCUT2D eigenvalue weighted by molar-refractivity contribution is 5.40. The summed E-state index contributed by atoms with van der Waals surface area (Å²) in [5.41, 5.74) is 2.70. The Morgan fingerprint density at radius 1 is 1.24 bits per heavy atom. The molecule has 1 heterocycles. The molecule has 1 N–H and O–H groups in total. The Bertz CT molecular complexity index is 478. The van der Waals surface area contributed by atoms with Crippen LogP contribution in [0.1, 0.15) is 57.5 Å². The third-order valence-corrected chi connectivity index (χ3v) is 4.62. The number of pyridine rings is 1. The van der Waals surface area contributed by atoms with Gasteiger partial charge in [-0.25, -0.2) is 0 Å². The third kappa shape index (κ3) is 1.40. The average Bonchev–Trinajstić information content (AvgIpc) is 2.93. The Hall–Kier alpha value is -0.890. The minimum Gasteiger partial charge on any atom is -0.383 e. The number of hydrogen-bond donors (Lipinski definition) is 1. The van der Waals surface area contributed by atoms with Crippen LogP contribution in [0.25, 0.3) is 0 Å². The Labute approximate surface area is 103 Å².